The second kappa shape index (κ2) is 6.34. The molecule has 0 radical (unpaired) electrons. The van der Waals surface area contributed by atoms with Crippen molar-refractivity contribution in [2.75, 3.05) is 7.05 Å². The SMILES string of the molecule is CNC(CCC(F)(F)F)c1ccc(Br)c(C(F)(F)F)c1. The quantitative estimate of drug-likeness (QED) is 0.736. The molecule has 20 heavy (non-hydrogen) atoms. The van der Waals surface area contributed by atoms with Gasteiger partial charge in [-0.1, -0.05) is 22.0 Å². The van der Waals surface area contributed by atoms with Crippen molar-refractivity contribution in [3.8, 4) is 0 Å². The van der Waals surface area contributed by atoms with Crippen LogP contribution in [0, 0.1) is 0 Å². The molecule has 0 aliphatic heterocycles. The van der Waals surface area contributed by atoms with Crippen LogP contribution in [0.5, 0.6) is 0 Å². The van der Waals surface area contributed by atoms with E-state index < -0.39 is 30.4 Å². The molecule has 0 bridgehead atoms. The van der Waals surface area contributed by atoms with Gasteiger partial charge in [-0.25, -0.2) is 0 Å². The van der Waals surface area contributed by atoms with Gasteiger partial charge in [-0.2, -0.15) is 26.3 Å². The molecule has 0 amide bonds. The molecule has 1 nitrogen and oxygen atoms in total. The van der Waals surface area contributed by atoms with Crippen LogP contribution in [-0.4, -0.2) is 13.2 Å². The Labute approximate surface area is 120 Å². The van der Waals surface area contributed by atoms with Gasteiger partial charge in [0.2, 0.25) is 0 Å². The molecule has 1 aromatic carbocycles. The van der Waals surface area contributed by atoms with Crippen LogP contribution in [0.2, 0.25) is 0 Å². The van der Waals surface area contributed by atoms with Crippen LogP contribution in [0.4, 0.5) is 26.3 Å². The summed E-state index contributed by atoms with van der Waals surface area (Å²) in [6.45, 7) is 0. The Morgan fingerprint density at radius 3 is 2.20 bits per heavy atom. The molecule has 1 N–H and O–H groups in total. The Morgan fingerprint density at radius 2 is 1.75 bits per heavy atom. The minimum absolute atomic E-state index is 0.139. The highest BCUT2D eigenvalue weighted by atomic mass is 79.9. The Kier molecular flexibility index (Phi) is 5.48. The fraction of sp³-hybridized carbons (Fsp3) is 0.500. The number of hydrogen-bond donors (Lipinski definition) is 1. The van der Waals surface area contributed by atoms with Gasteiger partial charge < -0.3 is 5.32 Å². The van der Waals surface area contributed by atoms with Gasteiger partial charge in [0, 0.05) is 16.9 Å². The first-order valence-electron chi connectivity index (χ1n) is 5.65. The van der Waals surface area contributed by atoms with Crippen LogP contribution in [0.25, 0.3) is 0 Å². The first-order valence-corrected chi connectivity index (χ1v) is 6.44. The lowest BCUT2D eigenvalue weighted by Crippen LogP contribution is -2.20. The van der Waals surface area contributed by atoms with Gasteiger partial charge >= 0.3 is 12.4 Å². The Bertz CT molecular complexity index is 454. The van der Waals surface area contributed by atoms with E-state index >= 15 is 0 Å². The van der Waals surface area contributed by atoms with Gasteiger partial charge in [-0.3, -0.25) is 0 Å². The largest absolute Gasteiger partial charge is 0.417 e. The number of benzene rings is 1. The van der Waals surface area contributed by atoms with Gasteiger partial charge in [-0.05, 0) is 31.2 Å². The van der Waals surface area contributed by atoms with Gasteiger partial charge in [0.25, 0.3) is 0 Å². The van der Waals surface area contributed by atoms with Crippen molar-refractivity contribution in [3.63, 3.8) is 0 Å². The van der Waals surface area contributed by atoms with Crippen molar-refractivity contribution in [3.05, 3.63) is 33.8 Å². The fourth-order valence-corrected chi connectivity index (χ4v) is 2.23. The van der Waals surface area contributed by atoms with Crippen LogP contribution in [0.1, 0.15) is 30.0 Å². The molecule has 0 aliphatic carbocycles. The average Bonchev–Trinajstić information content (AvgIpc) is 2.28. The van der Waals surface area contributed by atoms with Crippen LogP contribution in [-0.2, 0) is 6.18 Å². The molecule has 0 spiro atoms. The summed E-state index contributed by atoms with van der Waals surface area (Å²) in [5.41, 5.74) is -0.727. The first-order chi connectivity index (χ1) is 9.04. The summed E-state index contributed by atoms with van der Waals surface area (Å²) < 4.78 is 74.6. The molecule has 0 aromatic heterocycles. The minimum atomic E-state index is -4.56. The maximum absolute atomic E-state index is 12.7. The summed E-state index contributed by atoms with van der Waals surface area (Å²) in [6, 6.07) is 2.64. The van der Waals surface area contributed by atoms with Crippen LogP contribution >= 0.6 is 15.9 Å². The Morgan fingerprint density at radius 1 is 1.15 bits per heavy atom. The third-order valence-electron chi connectivity index (χ3n) is 2.76. The highest BCUT2D eigenvalue weighted by Crippen LogP contribution is 2.37. The molecule has 1 unspecified atom stereocenters. The monoisotopic (exact) mass is 363 g/mol. The van der Waals surface area contributed by atoms with E-state index in [-0.39, 0.29) is 16.5 Å². The van der Waals surface area contributed by atoms with E-state index in [0.717, 1.165) is 6.07 Å². The van der Waals surface area contributed by atoms with Crippen LogP contribution in [0.3, 0.4) is 0 Å². The summed E-state index contributed by atoms with van der Waals surface area (Å²) in [6.07, 6.45) is -10.3. The predicted octanol–water partition coefficient (Wildman–Crippen LogP) is 5.07. The van der Waals surface area contributed by atoms with E-state index in [0.29, 0.717) is 0 Å². The third kappa shape index (κ3) is 4.97. The standard InChI is InChI=1S/C12H12BrF6N/c1-20-10(4-5-11(14,15)16)7-2-3-9(13)8(6-7)12(17,18)19/h2-3,6,10,20H,4-5H2,1H3. The molecular weight excluding hydrogens is 352 g/mol. The van der Waals surface area contributed by atoms with Crippen molar-refractivity contribution in [1.29, 1.82) is 0 Å². The van der Waals surface area contributed by atoms with Gasteiger partial charge in [-0.15, -0.1) is 0 Å². The number of halogens is 7. The van der Waals surface area contributed by atoms with Crippen molar-refractivity contribution in [2.45, 2.75) is 31.2 Å². The van der Waals surface area contributed by atoms with E-state index in [9.17, 15) is 26.3 Å². The van der Waals surface area contributed by atoms with E-state index in [4.69, 9.17) is 0 Å². The van der Waals surface area contributed by atoms with E-state index in [2.05, 4.69) is 21.2 Å². The summed E-state index contributed by atoms with van der Waals surface area (Å²) in [5.74, 6) is 0. The smallest absolute Gasteiger partial charge is 0.313 e. The zero-order chi connectivity index (χ0) is 15.6. The normalized spacial score (nSPS) is 14.4. The van der Waals surface area contributed by atoms with Gasteiger partial charge in [0.05, 0.1) is 5.56 Å². The number of nitrogens with one attached hydrogen (secondary N) is 1. The lowest BCUT2D eigenvalue weighted by molar-refractivity contribution is -0.139. The van der Waals surface area contributed by atoms with E-state index in [1.807, 2.05) is 0 Å². The van der Waals surface area contributed by atoms with Crippen molar-refractivity contribution in [1.82, 2.24) is 5.32 Å². The highest BCUT2D eigenvalue weighted by Gasteiger charge is 2.34. The minimum Gasteiger partial charge on any atom is -0.313 e. The van der Waals surface area contributed by atoms with Gasteiger partial charge in [0.15, 0.2) is 0 Å². The Hall–Kier alpha value is -0.760. The molecule has 1 rings (SSSR count). The van der Waals surface area contributed by atoms with Crippen molar-refractivity contribution >= 4 is 15.9 Å². The molecule has 8 heteroatoms. The second-order valence-electron chi connectivity index (χ2n) is 4.23. The summed E-state index contributed by atoms with van der Waals surface area (Å²) in [4.78, 5) is 0. The maximum Gasteiger partial charge on any atom is 0.417 e. The molecular formula is C12H12BrF6N. The van der Waals surface area contributed by atoms with Crippen molar-refractivity contribution in [2.24, 2.45) is 0 Å². The summed E-state index contributed by atoms with van der Waals surface area (Å²) in [7, 11) is 1.41. The molecule has 0 saturated heterocycles. The summed E-state index contributed by atoms with van der Waals surface area (Å²) >= 11 is 2.79. The Balaban J connectivity index is 2.99. The second-order valence-corrected chi connectivity index (χ2v) is 5.09. The van der Waals surface area contributed by atoms with E-state index in [1.165, 1.54) is 19.2 Å². The molecule has 0 fully saturated rings. The fourth-order valence-electron chi connectivity index (χ4n) is 1.76. The zero-order valence-electron chi connectivity index (χ0n) is 10.4. The summed E-state index contributed by atoms with van der Waals surface area (Å²) in [5, 5.41) is 2.61. The van der Waals surface area contributed by atoms with Gasteiger partial charge in [0.1, 0.15) is 0 Å². The maximum atomic E-state index is 12.7. The van der Waals surface area contributed by atoms with Crippen molar-refractivity contribution < 1.29 is 26.3 Å². The number of rotatable bonds is 4. The molecule has 0 saturated carbocycles. The lowest BCUT2D eigenvalue weighted by Gasteiger charge is -2.19. The highest BCUT2D eigenvalue weighted by molar-refractivity contribution is 9.10. The van der Waals surface area contributed by atoms with Crippen LogP contribution < -0.4 is 5.32 Å². The molecule has 1 atom stereocenters. The first kappa shape index (κ1) is 17.3. The molecule has 0 heterocycles. The van der Waals surface area contributed by atoms with E-state index in [1.54, 1.807) is 0 Å². The number of alkyl halides is 6. The molecule has 0 aliphatic rings. The number of hydrogen-bond acceptors (Lipinski definition) is 1. The molecule has 114 valence electrons. The third-order valence-corrected chi connectivity index (χ3v) is 3.45. The lowest BCUT2D eigenvalue weighted by atomic mass is 9.99. The molecule has 1 aromatic rings. The van der Waals surface area contributed by atoms with Crippen LogP contribution in [0.15, 0.2) is 22.7 Å². The zero-order valence-corrected chi connectivity index (χ0v) is 12.0. The topological polar surface area (TPSA) is 12.0 Å². The average molecular weight is 364 g/mol. The predicted molar refractivity (Wildman–Crippen MR) is 66.2 cm³/mol.